The average Bonchev–Trinajstić information content (AvgIpc) is 3.27. The Balaban J connectivity index is 1.74. The first-order valence-corrected chi connectivity index (χ1v) is 12.1. The van der Waals surface area contributed by atoms with Crippen molar-refractivity contribution in [1.82, 2.24) is 10.3 Å². The molecule has 0 fully saturated rings. The highest BCUT2D eigenvalue weighted by Gasteiger charge is 2.51. The third kappa shape index (κ3) is 4.78. The number of H-pyrrole nitrogens is 1. The molecule has 0 saturated heterocycles. The molecular weight excluding hydrogens is 526 g/mol. The largest absolute Gasteiger partial charge is 0.392 e. The van der Waals surface area contributed by atoms with Gasteiger partial charge in [-0.05, 0) is 42.0 Å². The van der Waals surface area contributed by atoms with Crippen molar-refractivity contribution in [2.24, 2.45) is 4.99 Å². The molecule has 1 amide bonds. The quantitative estimate of drug-likeness (QED) is 0.453. The molecule has 188 valence electrons. The van der Waals surface area contributed by atoms with Gasteiger partial charge in [0.05, 0.1) is 22.2 Å². The number of carbonyl (C=O) groups is 1. The second kappa shape index (κ2) is 9.17. The average molecular weight is 542 g/mol. The van der Waals surface area contributed by atoms with Crippen molar-refractivity contribution in [3.63, 3.8) is 0 Å². The number of alkyl halides is 3. The zero-order valence-electron chi connectivity index (χ0n) is 18.1. The van der Waals surface area contributed by atoms with Crippen LogP contribution < -0.4 is 10.7 Å². The normalized spacial score (nSPS) is 17.6. The van der Waals surface area contributed by atoms with E-state index < -0.39 is 65.8 Å². The Kier molecular flexibility index (Phi) is 6.52. The second-order valence-corrected chi connectivity index (χ2v) is 10.6. The smallest absolute Gasteiger partial charge is 0.358 e. The summed E-state index contributed by atoms with van der Waals surface area (Å²) in [7, 11) is -4.96. The van der Waals surface area contributed by atoms with Gasteiger partial charge in [-0.1, -0.05) is 23.7 Å². The lowest BCUT2D eigenvalue weighted by molar-refractivity contribution is -0.138. The van der Waals surface area contributed by atoms with E-state index in [1.807, 2.05) is 0 Å². The molecule has 7 nitrogen and oxygen atoms in total. The van der Waals surface area contributed by atoms with Crippen molar-refractivity contribution in [2.75, 3.05) is 0 Å². The molecule has 0 spiro atoms. The van der Waals surface area contributed by atoms with E-state index in [0.29, 0.717) is 16.7 Å². The summed E-state index contributed by atoms with van der Waals surface area (Å²) in [4.78, 5) is 27.9. The number of aliphatic imine (C=N–C) groups is 1. The van der Waals surface area contributed by atoms with E-state index >= 15 is 0 Å². The van der Waals surface area contributed by atoms with Crippen molar-refractivity contribution in [3.05, 3.63) is 86.9 Å². The van der Waals surface area contributed by atoms with Crippen LogP contribution in [0.3, 0.4) is 0 Å². The van der Waals surface area contributed by atoms with E-state index in [9.17, 15) is 35.6 Å². The monoisotopic (exact) mass is 541 g/mol. The first-order chi connectivity index (χ1) is 16.8. The molecule has 3 aromatic rings. The standard InChI is InChI=1S/C23H16ClF4N3O4S/c24-14-4-2-13(3-5-14)10-30-21(33)17-11-29-19-16(20(17)32)8-15(9-18(19)25)36(34,35)22(6-1-7-31-22)12-23(26,27)28/h1-9,11H,10,12H2,(H,29,32)(H,30,33). The van der Waals surface area contributed by atoms with Crippen LogP contribution in [-0.4, -0.2) is 36.6 Å². The summed E-state index contributed by atoms with van der Waals surface area (Å²) in [6, 6.07) is 7.75. The van der Waals surface area contributed by atoms with Crippen LogP contribution in [0.4, 0.5) is 17.6 Å². The molecule has 2 aromatic carbocycles. The van der Waals surface area contributed by atoms with E-state index in [1.54, 1.807) is 24.3 Å². The van der Waals surface area contributed by atoms with Crippen molar-refractivity contribution >= 4 is 44.5 Å². The van der Waals surface area contributed by atoms with Crippen LogP contribution in [0.2, 0.25) is 5.02 Å². The van der Waals surface area contributed by atoms with Gasteiger partial charge in [0.1, 0.15) is 11.4 Å². The molecule has 0 aliphatic carbocycles. The number of rotatable bonds is 6. The number of hydrogen-bond acceptors (Lipinski definition) is 5. The van der Waals surface area contributed by atoms with Crippen LogP contribution in [0.1, 0.15) is 22.3 Å². The number of carbonyl (C=O) groups excluding carboxylic acids is 1. The summed E-state index contributed by atoms with van der Waals surface area (Å²) in [5.74, 6) is -2.04. The number of nitrogens with zero attached hydrogens (tertiary/aromatic N) is 1. The molecule has 1 unspecified atom stereocenters. The number of fused-ring (bicyclic) bond motifs is 1. The molecule has 1 aromatic heterocycles. The molecule has 0 saturated carbocycles. The molecule has 1 aliphatic rings. The fraction of sp³-hybridized carbons (Fsp3) is 0.174. The minimum Gasteiger partial charge on any atom is -0.358 e. The number of nitrogens with one attached hydrogen (secondary N) is 2. The number of pyridine rings is 1. The van der Waals surface area contributed by atoms with E-state index in [0.717, 1.165) is 30.6 Å². The zero-order chi connectivity index (χ0) is 26.3. The van der Waals surface area contributed by atoms with Gasteiger partial charge in [0.25, 0.3) is 5.91 Å². The van der Waals surface area contributed by atoms with Gasteiger partial charge in [-0.25, -0.2) is 12.8 Å². The third-order valence-electron chi connectivity index (χ3n) is 5.49. The molecule has 1 atom stereocenters. The van der Waals surface area contributed by atoms with Crippen molar-refractivity contribution in [2.45, 2.75) is 28.9 Å². The molecule has 2 heterocycles. The van der Waals surface area contributed by atoms with Crippen LogP contribution in [0.5, 0.6) is 0 Å². The lowest BCUT2D eigenvalue weighted by Gasteiger charge is -2.25. The van der Waals surface area contributed by atoms with Crippen molar-refractivity contribution < 1.29 is 30.8 Å². The number of hydrogen-bond donors (Lipinski definition) is 2. The summed E-state index contributed by atoms with van der Waals surface area (Å²) in [5, 5.41) is 2.47. The fourth-order valence-corrected chi connectivity index (χ4v) is 5.60. The number of halogens is 5. The maximum atomic E-state index is 14.8. The lowest BCUT2D eigenvalue weighted by Crippen LogP contribution is -2.38. The highest BCUT2D eigenvalue weighted by Crippen LogP contribution is 2.40. The summed E-state index contributed by atoms with van der Waals surface area (Å²) >= 11 is 5.81. The fourth-order valence-electron chi connectivity index (χ4n) is 3.72. The molecule has 36 heavy (non-hydrogen) atoms. The maximum absolute atomic E-state index is 14.8. The molecular formula is C23H16ClF4N3O4S. The van der Waals surface area contributed by atoms with Gasteiger partial charge in [-0.3, -0.25) is 14.6 Å². The van der Waals surface area contributed by atoms with E-state index in [-0.39, 0.29) is 6.54 Å². The lowest BCUT2D eigenvalue weighted by atomic mass is 10.1. The number of amides is 1. The van der Waals surface area contributed by atoms with Gasteiger partial charge >= 0.3 is 6.18 Å². The van der Waals surface area contributed by atoms with Gasteiger partial charge in [0.2, 0.25) is 15.3 Å². The minimum atomic E-state index is -4.96. The van der Waals surface area contributed by atoms with Crippen LogP contribution in [-0.2, 0) is 16.4 Å². The van der Waals surface area contributed by atoms with Gasteiger partial charge in [-0.15, -0.1) is 0 Å². The summed E-state index contributed by atoms with van der Waals surface area (Å²) in [5.41, 5.74) is -1.20. The van der Waals surface area contributed by atoms with Gasteiger partial charge in [-0.2, -0.15) is 13.2 Å². The molecule has 13 heteroatoms. The molecule has 0 radical (unpaired) electrons. The highest BCUT2D eigenvalue weighted by atomic mass is 35.5. The van der Waals surface area contributed by atoms with Crippen LogP contribution in [0.15, 0.2) is 69.4 Å². The Labute approximate surface area is 206 Å². The topological polar surface area (TPSA) is 108 Å². The second-order valence-electron chi connectivity index (χ2n) is 7.95. The Hall–Kier alpha value is -3.51. The van der Waals surface area contributed by atoms with Gasteiger partial charge in [0, 0.05) is 24.0 Å². The predicted molar refractivity (Wildman–Crippen MR) is 125 cm³/mol. The number of aromatic nitrogens is 1. The third-order valence-corrected chi connectivity index (χ3v) is 7.91. The van der Waals surface area contributed by atoms with Crippen LogP contribution in [0, 0.1) is 5.82 Å². The maximum Gasteiger partial charge on any atom is 0.392 e. The van der Waals surface area contributed by atoms with Gasteiger partial charge in [0.15, 0.2) is 4.87 Å². The zero-order valence-corrected chi connectivity index (χ0v) is 19.6. The molecule has 4 rings (SSSR count). The highest BCUT2D eigenvalue weighted by molar-refractivity contribution is 7.93. The van der Waals surface area contributed by atoms with Crippen molar-refractivity contribution in [1.29, 1.82) is 0 Å². The van der Waals surface area contributed by atoms with Crippen LogP contribution in [0.25, 0.3) is 10.9 Å². The summed E-state index contributed by atoms with van der Waals surface area (Å²) in [6.07, 6.45) is -3.11. The Morgan fingerprint density at radius 1 is 1.17 bits per heavy atom. The van der Waals surface area contributed by atoms with Crippen LogP contribution >= 0.6 is 11.6 Å². The SMILES string of the molecule is O=C(NCc1ccc(Cl)cc1)c1c[nH]c2c(F)cc(S(=O)(=O)C3(CC(F)(F)F)C=CC=N3)cc2c1=O. The number of sulfone groups is 1. The number of aromatic amines is 1. The Morgan fingerprint density at radius 3 is 2.47 bits per heavy atom. The first-order valence-electron chi connectivity index (χ1n) is 10.2. The summed E-state index contributed by atoms with van der Waals surface area (Å²) in [6.45, 7) is 0.0283. The summed E-state index contributed by atoms with van der Waals surface area (Å²) < 4.78 is 80.8. The van der Waals surface area contributed by atoms with E-state index in [1.165, 1.54) is 0 Å². The molecule has 0 bridgehead atoms. The predicted octanol–water partition coefficient (Wildman–Crippen LogP) is 4.31. The van der Waals surface area contributed by atoms with E-state index in [2.05, 4.69) is 15.3 Å². The van der Waals surface area contributed by atoms with E-state index in [4.69, 9.17) is 11.6 Å². The first kappa shape index (κ1) is 25.6. The molecule has 2 N–H and O–H groups in total. The number of benzene rings is 2. The number of allylic oxidation sites excluding steroid dienone is 1. The van der Waals surface area contributed by atoms with Crippen molar-refractivity contribution in [3.8, 4) is 0 Å². The minimum absolute atomic E-state index is 0.0283. The molecule has 1 aliphatic heterocycles. The Bertz CT molecular complexity index is 1570. The Morgan fingerprint density at radius 2 is 1.86 bits per heavy atom. The van der Waals surface area contributed by atoms with Gasteiger partial charge < -0.3 is 10.3 Å².